The second kappa shape index (κ2) is 7.99. The lowest BCUT2D eigenvalue weighted by Gasteiger charge is -2.21. The van der Waals surface area contributed by atoms with Gasteiger partial charge in [0, 0.05) is 30.5 Å². The van der Waals surface area contributed by atoms with Gasteiger partial charge in [0.1, 0.15) is 12.4 Å². The van der Waals surface area contributed by atoms with E-state index in [1.165, 1.54) is 12.1 Å². The van der Waals surface area contributed by atoms with Gasteiger partial charge < -0.3 is 4.90 Å². The Hall–Kier alpha value is -2.91. The number of benzene rings is 1. The quantitative estimate of drug-likeness (QED) is 0.479. The average molecular weight is 397 g/mol. The van der Waals surface area contributed by atoms with Crippen molar-refractivity contribution >= 4 is 17.3 Å². The van der Waals surface area contributed by atoms with Gasteiger partial charge in [0.15, 0.2) is 5.69 Å². The summed E-state index contributed by atoms with van der Waals surface area (Å²) in [4.78, 5) is 14.0. The van der Waals surface area contributed by atoms with Crippen LogP contribution in [0.3, 0.4) is 0 Å². The number of halogens is 4. The van der Waals surface area contributed by atoms with E-state index < -0.39 is 24.3 Å². The van der Waals surface area contributed by atoms with E-state index >= 15 is 0 Å². The van der Waals surface area contributed by atoms with Crippen molar-refractivity contribution in [2.24, 2.45) is 5.10 Å². The third-order valence-electron chi connectivity index (χ3n) is 4.38. The fourth-order valence-corrected chi connectivity index (χ4v) is 3.02. The zero-order valence-corrected chi connectivity index (χ0v) is 15.1. The van der Waals surface area contributed by atoms with Crippen LogP contribution in [0.2, 0.25) is 0 Å². The van der Waals surface area contributed by atoms with Gasteiger partial charge in [0.25, 0.3) is 5.91 Å². The van der Waals surface area contributed by atoms with Crippen LogP contribution in [0.4, 0.5) is 23.2 Å². The molecular weight excluding hydrogens is 378 g/mol. The monoisotopic (exact) mass is 397 g/mol. The van der Waals surface area contributed by atoms with Gasteiger partial charge in [-0.3, -0.25) is 9.48 Å². The number of nitrogens with zero attached hydrogens (tertiary/aromatic N) is 4. The van der Waals surface area contributed by atoms with Crippen molar-refractivity contribution in [1.82, 2.24) is 15.2 Å². The molecular formula is C18H19F4N5O. The number of hydrogen-bond acceptors (Lipinski definition) is 4. The average Bonchev–Trinajstić information content (AvgIpc) is 3.31. The summed E-state index contributed by atoms with van der Waals surface area (Å²) in [5.74, 6) is -0.984. The van der Waals surface area contributed by atoms with Crippen LogP contribution in [-0.2, 0) is 17.5 Å². The number of carbonyl (C=O) groups excluding carboxylic acids is 1. The van der Waals surface area contributed by atoms with Gasteiger partial charge in [-0.05, 0) is 44.0 Å². The van der Waals surface area contributed by atoms with Crippen LogP contribution in [0.25, 0.3) is 0 Å². The van der Waals surface area contributed by atoms with Crippen molar-refractivity contribution in [3.05, 3.63) is 47.5 Å². The Morgan fingerprint density at radius 3 is 2.61 bits per heavy atom. The minimum Gasteiger partial charge on any atom is -0.371 e. The molecule has 0 atom stereocenters. The van der Waals surface area contributed by atoms with E-state index in [-0.39, 0.29) is 5.82 Å². The molecule has 2 aromatic rings. The third-order valence-corrected chi connectivity index (χ3v) is 4.38. The highest BCUT2D eigenvalue weighted by atomic mass is 19.4. The molecule has 0 aliphatic carbocycles. The van der Waals surface area contributed by atoms with Crippen molar-refractivity contribution in [2.45, 2.75) is 32.5 Å². The number of aromatic nitrogens is 2. The van der Waals surface area contributed by atoms with Gasteiger partial charge in [0.2, 0.25) is 0 Å². The van der Waals surface area contributed by atoms with Gasteiger partial charge in [0.05, 0.1) is 5.71 Å². The molecule has 1 fully saturated rings. The fourth-order valence-electron chi connectivity index (χ4n) is 3.02. The molecule has 1 aromatic carbocycles. The van der Waals surface area contributed by atoms with Crippen molar-refractivity contribution in [1.29, 1.82) is 0 Å². The summed E-state index contributed by atoms with van der Waals surface area (Å²) in [7, 11) is 0. The van der Waals surface area contributed by atoms with E-state index in [1.807, 2.05) is 0 Å². The number of alkyl halides is 3. The first kappa shape index (κ1) is 19.8. The summed E-state index contributed by atoms with van der Waals surface area (Å²) in [5, 5.41) is 7.33. The molecule has 10 heteroatoms. The van der Waals surface area contributed by atoms with Crippen molar-refractivity contribution < 1.29 is 22.4 Å². The summed E-state index contributed by atoms with van der Waals surface area (Å²) < 4.78 is 52.2. The summed E-state index contributed by atoms with van der Waals surface area (Å²) in [6, 6.07) is 5.14. The first-order chi connectivity index (χ1) is 13.2. The number of anilines is 1. The summed E-state index contributed by atoms with van der Waals surface area (Å²) in [5.41, 5.74) is 3.09. The SMILES string of the molecule is C/C(=N\NC(=O)Cn1ccc(C(F)(F)F)n1)c1ccc(F)cc1N1CCCC1. The van der Waals surface area contributed by atoms with Gasteiger partial charge in [-0.1, -0.05) is 0 Å². The Balaban J connectivity index is 1.69. The molecule has 1 saturated heterocycles. The number of hydrogen-bond donors (Lipinski definition) is 1. The number of nitrogens with one attached hydrogen (secondary N) is 1. The van der Waals surface area contributed by atoms with Gasteiger partial charge in [-0.25, -0.2) is 9.82 Å². The van der Waals surface area contributed by atoms with Crippen LogP contribution in [0.1, 0.15) is 31.0 Å². The standard InChI is InChI=1S/C18H19F4N5O/c1-12(14-5-4-13(19)10-15(14)26-7-2-3-8-26)23-24-17(28)11-27-9-6-16(25-27)18(20,21)22/h4-6,9-10H,2-3,7-8,11H2,1H3,(H,24,28)/b23-12+. The molecule has 0 spiro atoms. The Labute approximate surface area is 158 Å². The molecule has 0 radical (unpaired) electrons. The number of carbonyl (C=O) groups is 1. The molecule has 0 unspecified atom stereocenters. The van der Waals surface area contributed by atoms with E-state index in [2.05, 4.69) is 20.5 Å². The Kier molecular flexibility index (Phi) is 5.66. The Morgan fingerprint density at radius 2 is 1.96 bits per heavy atom. The maximum absolute atomic E-state index is 13.7. The zero-order chi connectivity index (χ0) is 20.3. The van der Waals surface area contributed by atoms with Crippen molar-refractivity contribution in [3.8, 4) is 0 Å². The molecule has 1 aliphatic rings. The van der Waals surface area contributed by atoms with Crippen LogP contribution < -0.4 is 10.3 Å². The molecule has 0 bridgehead atoms. The highest BCUT2D eigenvalue weighted by Gasteiger charge is 2.33. The van der Waals surface area contributed by atoms with Crippen LogP contribution >= 0.6 is 0 Å². The molecule has 1 amide bonds. The second-order valence-corrected chi connectivity index (χ2v) is 6.48. The van der Waals surface area contributed by atoms with Crippen LogP contribution in [0, 0.1) is 5.82 Å². The van der Waals surface area contributed by atoms with Gasteiger partial charge in [-0.2, -0.15) is 23.4 Å². The molecule has 0 saturated carbocycles. The van der Waals surface area contributed by atoms with Gasteiger partial charge >= 0.3 is 6.18 Å². The molecule has 6 nitrogen and oxygen atoms in total. The number of hydrazone groups is 1. The van der Waals surface area contributed by atoms with E-state index in [9.17, 15) is 22.4 Å². The maximum Gasteiger partial charge on any atom is 0.435 e. The lowest BCUT2D eigenvalue weighted by molar-refractivity contribution is -0.141. The van der Waals surface area contributed by atoms with E-state index in [0.29, 0.717) is 17.0 Å². The first-order valence-electron chi connectivity index (χ1n) is 8.72. The minimum absolute atomic E-state index is 0.360. The number of rotatable bonds is 5. The predicted octanol–water partition coefficient (Wildman–Crippen LogP) is 3.18. The Morgan fingerprint density at radius 1 is 1.25 bits per heavy atom. The highest BCUT2D eigenvalue weighted by Crippen LogP contribution is 2.27. The van der Waals surface area contributed by atoms with E-state index in [4.69, 9.17) is 0 Å². The first-order valence-corrected chi connectivity index (χ1v) is 8.72. The Bertz CT molecular complexity index is 884. The van der Waals surface area contributed by atoms with Crippen molar-refractivity contribution in [2.75, 3.05) is 18.0 Å². The molecule has 3 rings (SSSR count). The van der Waals surface area contributed by atoms with Crippen LogP contribution in [-0.4, -0.2) is 34.5 Å². The predicted molar refractivity (Wildman–Crippen MR) is 95.4 cm³/mol. The largest absolute Gasteiger partial charge is 0.435 e. The number of amides is 1. The molecule has 2 heterocycles. The zero-order valence-electron chi connectivity index (χ0n) is 15.1. The lowest BCUT2D eigenvalue weighted by Crippen LogP contribution is -2.25. The maximum atomic E-state index is 13.7. The summed E-state index contributed by atoms with van der Waals surface area (Å²) >= 11 is 0. The molecule has 150 valence electrons. The minimum atomic E-state index is -4.56. The summed E-state index contributed by atoms with van der Waals surface area (Å²) in [6.45, 7) is 2.89. The van der Waals surface area contributed by atoms with E-state index in [0.717, 1.165) is 42.9 Å². The summed E-state index contributed by atoms with van der Waals surface area (Å²) in [6.07, 6.45) is -1.45. The van der Waals surface area contributed by atoms with Crippen LogP contribution in [0.15, 0.2) is 35.6 Å². The topological polar surface area (TPSA) is 62.5 Å². The molecule has 28 heavy (non-hydrogen) atoms. The van der Waals surface area contributed by atoms with E-state index in [1.54, 1.807) is 13.0 Å². The fraction of sp³-hybridized carbons (Fsp3) is 0.389. The van der Waals surface area contributed by atoms with Gasteiger partial charge in [-0.15, -0.1) is 0 Å². The normalized spacial score (nSPS) is 15.2. The lowest BCUT2D eigenvalue weighted by atomic mass is 10.1. The third kappa shape index (κ3) is 4.68. The molecule has 1 aromatic heterocycles. The second-order valence-electron chi connectivity index (χ2n) is 6.48. The van der Waals surface area contributed by atoms with Crippen molar-refractivity contribution in [3.63, 3.8) is 0 Å². The smallest absolute Gasteiger partial charge is 0.371 e. The molecule has 1 N–H and O–H groups in total. The highest BCUT2D eigenvalue weighted by molar-refractivity contribution is 6.04. The molecule has 1 aliphatic heterocycles. The van der Waals surface area contributed by atoms with Crippen LogP contribution in [0.5, 0.6) is 0 Å².